The van der Waals surface area contributed by atoms with Crippen LogP contribution >= 0.6 is 0 Å². The fraction of sp³-hybridized carbons (Fsp3) is 0.688. The Morgan fingerprint density at radius 3 is 2.44 bits per heavy atom. The first-order valence-corrected chi connectivity index (χ1v) is 10.4. The van der Waals surface area contributed by atoms with E-state index in [-0.39, 0.29) is 29.5 Å². The average Bonchev–Trinajstić information content (AvgIpc) is 3.00. The molecule has 3 heterocycles. The molecule has 2 aliphatic heterocycles. The second-order valence-corrected chi connectivity index (χ2v) is 8.98. The molecule has 1 amide bonds. The van der Waals surface area contributed by atoms with Gasteiger partial charge >= 0.3 is 0 Å². The van der Waals surface area contributed by atoms with Crippen molar-refractivity contribution in [2.45, 2.75) is 25.4 Å². The van der Waals surface area contributed by atoms with Crippen molar-refractivity contribution in [1.82, 2.24) is 19.8 Å². The molecular formula is C16H25N5O3S. The molecule has 1 aromatic rings. The maximum atomic E-state index is 12.7. The summed E-state index contributed by atoms with van der Waals surface area (Å²) in [6, 6.07) is 1.34. The van der Waals surface area contributed by atoms with Gasteiger partial charge < -0.3 is 9.80 Å². The summed E-state index contributed by atoms with van der Waals surface area (Å²) in [6.45, 7) is 4.94. The standard InChI is InChI=1S/C16H25N5O3S/c1-13(15(22)19(2)14-4-11-25(23,24)12-14)20-7-9-21(10-8-20)16-17-5-3-6-18-16/h3,5-6,13-14H,4,7-12H2,1-2H3/t13-,14+/m1/s1. The van der Waals surface area contributed by atoms with Crippen LogP contribution < -0.4 is 4.90 Å². The van der Waals surface area contributed by atoms with Crippen LogP contribution in [-0.4, -0.2) is 90.9 Å². The molecule has 0 saturated carbocycles. The summed E-state index contributed by atoms with van der Waals surface area (Å²) in [5.74, 6) is 0.974. The third-order valence-corrected chi connectivity index (χ3v) is 6.91. The number of hydrogen-bond acceptors (Lipinski definition) is 7. The number of aromatic nitrogens is 2. The van der Waals surface area contributed by atoms with E-state index in [0.29, 0.717) is 6.42 Å². The molecule has 0 aliphatic carbocycles. The predicted octanol–water partition coefficient (Wildman–Crippen LogP) is -0.367. The Hall–Kier alpha value is -1.74. The van der Waals surface area contributed by atoms with Gasteiger partial charge in [-0.2, -0.15) is 0 Å². The lowest BCUT2D eigenvalue weighted by Gasteiger charge is -2.39. The third kappa shape index (κ3) is 4.09. The van der Waals surface area contributed by atoms with Gasteiger partial charge in [0.2, 0.25) is 11.9 Å². The minimum Gasteiger partial charge on any atom is -0.340 e. The van der Waals surface area contributed by atoms with Crippen molar-refractivity contribution in [3.05, 3.63) is 18.5 Å². The quantitative estimate of drug-likeness (QED) is 0.718. The van der Waals surface area contributed by atoms with Gasteiger partial charge in [0.15, 0.2) is 9.84 Å². The van der Waals surface area contributed by atoms with Gasteiger partial charge in [-0.05, 0) is 19.4 Å². The maximum absolute atomic E-state index is 12.7. The summed E-state index contributed by atoms with van der Waals surface area (Å²) in [4.78, 5) is 27.2. The molecule has 1 aromatic heterocycles. The highest BCUT2D eigenvalue weighted by molar-refractivity contribution is 7.91. The zero-order chi connectivity index (χ0) is 18.0. The van der Waals surface area contributed by atoms with E-state index in [2.05, 4.69) is 19.8 Å². The number of carbonyl (C=O) groups is 1. The van der Waals surface area contributed by atoms with Crippen LogP contribution in [0, 0.1) is 0 Å². The molecule has 25 heavy (non-hydrogen) atoms. The average molecular weight is 367 g/mol. The highest BCUT2D eigenvalue weighted by Gasteiger charge is 2.36. The number of nitrogens with zero attached hydrogens (tertiary/aromatic N) is 5. The van der Waals surface area contributed by atoms with E-state index in [1.165, 1.54) is 0 Å². The van der Waals surface area contributed by atoms with E-state index in [1.807, 2.05) is 6.92 Å². The first-order valence-electron chi connectivity index (χ1n) is 8.60. The predicted molar refractivity (Wildman–Crippen MR) is 95.1 cm³/mol. The van der Waals surface area contributed by atoms with Crippen molar-refractivity contribution >= 4 is 21.7 Å². The molecule has 2 atom stereocenters. The molecule has 0 spiro atoms. The number of rotatable bonds is 4. The molecule has 0 N–H and O–H groups in total. The Balaban J connectivity index is 1.55. The van der Waals surface area contributed by atoms with Crippen LogP contribution in [0.25, 0.3) is 0 Å². The fourth-order valence-electron chi connectivity index (χ4n) is 3.48. The van der Waals surface area contributed by atoms with Crippen molar-refractivity contribution in [2.75, 3.05) is 49.6 Å². The first-order chi connectivity index (χ1) is 11.9. The van der Waals surface area contributed by atoms with Crippen molar-refractivity contribution in [3.8, 4) is 0 Å². The van der Waals surface area contributed by atoms with Gasteiger partial charge in [0.25, 0.3) is 0 Å². The number of likely N-dealkylation sites (N-methyl/N-ethyl adjacent to an activating group) is 1. The van der Waals surface area contributed by atoms with Crippen LogP contribution in [0.1, 0.15) is 13.3 Å². The van der Waals surface area contributed by atoms with Crippen LogP contribution in [-0.2, 0) is 14.6 Å². The van der Waals surface area contributed by atoms with Gasteiger partial charge in [0.05, 0.1) is 17.5 Å². The first kappa shape index (κ1) is 18.1. The highest BCUT2D eigenvalue weighted by Crippen LogP contribution is 2.19. The number of anilines is 1. The van der Waals surface area contributed by atoms with Crippen molar-refractivity contribution in [2.24, 2.45) is 0 Å². The molecule has 2 fully saturated rings. The second-order valence-electron chi connectivity index (χ2n) is 6.75. The van der Waals surface area contributed by atoms with Gasteiger partial charge in [-0.25, -0.2) is 18.4 Å². The Bertz CT molecular complexity index is 704. The molecule has 9 heteroatoms. The number of piperazine rings is 1. The second kappa shape index (κ2) is 7.25. The van der Waals surface area contributed by atoms with Crippen LogP contribution in [0.3, 0.4) is 0 Å². The Morgan fingerprint density at radius 2 is 1.88 bits per heavy atom. The van der Waals surface area contributed by atoms with E-state index < -0.39 is 9.84 Å². The van der Waals surface area contributed by atoms with Crippen LogP contribution in [0.2, 0.25) is 0 Å². The number of carbonyl (C=O) groups excluding carboxylic acids is 1. The van der Waals surface area contributed by atoms with Gasteiger partial charge in [0, 0.05) is 51.7 Å². The third-order valence-electron chi connectivity index (χ3n) is 5.16. The van der Waals surface area contributed by atoms with Crippen LogP contribution in [0.4, 0.5) is 5.95 Å². The van der Waals surface area contributed by atoms with E-state index in [0.717, 1.165) is 32.1 Å². The zero-order valence-corrected chi connectivity index (χ0v) is 15.5. The van der Waals surface area contributed by atoms with Crippen molar-refractivity contribution in [1.29, 1.82) is 0 Å². The van der Waals surface area contributed by atoms with Gasteiger partial charge in [-0.15, -0.1) is 0 Å². The zero-order valence-electron chi connectivity index (χ0n) is 14.7. The highest BCUT2D eigenvalue weighted by atomic mass is 32.2. The maximum Gasteiger partial charge on any atom is 0.239 e. The lowest BCUT2D eigenvalue weighted by atomic mass is 10.1. The Labute approximate surface area is 148 Å². The summed E-state index contributed by atoms with van der Waals surface area (Å²) in [5.41, 5.74) is 0. The van der Waals surface area contributed by atoms with E-state index in [4.69, 9.17) is 0 Å². The lowest BCUT2D eigenvalue weighted by molar-refractivity contribution is -0.136. The number of sulfone groups is 1. The molecule has 8 nitrogen and oxygen atoms in total. The number of amides is 1. The van der Waals surface area contributed by atoms with E-state index in [9.17, 15) is 13.2 Å². The summed E-state index contributed by atoms with van der Waals surface area (Å²) < 4.78 is 23.3. The molecule has 0 radical (unpaired) electrons. The topological polar surface area (TPSA) is 86.7 Å². The SMILES string of the molecule is C[C@H](C(=O)N(C)[C@H]1CCS(=O)(=O)C1)N1CCN(c2ncccn2)CC1. The molecular weight excluding hydrogens is 342 g/mol. The molecule has 3 rings (SSSR count). The molecule has 0 aromatic carbocycles. The van der Waals surface area contributed by atoms with Gasteiger partial charge in [-0.1, -0.05) is 0 Å². The minimum atomic E-state index is -2.99. The molecule has 2 saturated heterocycles. The smallest absolute Gasteiger partial charge is 0.239 e. The van der Waals surface area contributed by atoms with Crippen molar-refractivity contribution < 1.29 is 13.2 Å². The fourth-order valence-corrected chi connectivity index (χ4v) is 5.25. The number of hydrogen-bond donors (Lipinski definition) is 0. The monoisotopic (exact) mass is 367 g/mol. The summed E-state index contributed by atoms with van der Waals surface area (Å²) >= 11 is 0. The van der Waals surface area contributed by atoms with Gasteiger partial charge in [-0.3, -0.25) is 9.69 Å². The van der Waals surface area contributed by atoms with Crippen LogP contribution in [0.15, 0.2) is 18.5 Å². The lowest BCUT2D eigenvalue weighted by Crippen LogP contribution is -2.55. The summed E-state index contributed by atoms with van der Waals surface area (Å²) in [7, 11) is -1.27. The molecule has 2 aliphatic rings. The largest absolute Gasteiger partial charge is 0.340 e. The minimum absolute atomic E-state index is 0.00786. The normalized spacial score (nSPS) is 24.9. The van der Waals surface area contributed by atoms with E-state index in [1.54, 1.807) is 30.4 Å². The van der Waals surface area contributed by atoms with E-state index >= 15 is 0 Å². The van der Waals surface area contributed by atoms with Gasteiger partial charge in [0.1, 0.15) is 0 Å². The Kier molecular flexibility index (Phi) is 5.24. The molecule has 138 valence electrons. The molecule has 0 bridgehead atoms. The van der Waals surface area contributed by atoms with Crippen LogP contribution in [0.5, 0.6) is 0 Å². The summed E-state index contributed by atoms with van der Waals surface area (Å²) in [6.07, 6.45) is 3.99. The Morgan fingerprint density at radius 1 is 1.24 bits per heavy atom. The summed E-state index contributed by atoms with van der Waals surface area (Å²) in [5, 5.41) is 0. The van der Waals surface area contributed by atoms with Crippen molar-refractivity contribution in [3.63, 3.8) is 0 Å². The molecule has 0 unspecified atom stereocenters.